The Bertz CT molecular complexity index is 1220. The van der Waals surface area contributed by atoms with Gasteiger partial charge in [-0.25, -0.2) is 12.7 Å². The number of sulfonamides is 1. The van der Waals surface area contributed by atoms with Crippen LogP contribution in [0.1, 0.15) is 24.0 Å². The average Bonchev–Trinajstić information content (AvgIpc) is 2.80. The van der Waals surface area contributed by atoms with Gasteiger partial charge in [0.2, 0.25) is 15.9 Å². The Hall–Kier alpha value is -2.12. The van der Waals surface area contributed by atoms with Crippen LogP contribution in [0.5, 0.6) is 0 Å². The number of fused-ring (bicyclic) bond motifs is 1. The standard InChI is InChI=1S/C24H24Cl2N2O3S/c25-22-6-3-7-23(26)21(22)16-32(30,31)28-12-10-19(11-13-28)24(29)27-15-17-8-9-18-4-1-2-5-20(18)14-17/h1-9,14,19H,10-13,15-16H2,(H,27,29). The molecule has 0 aliphatic carbocycles. The number of benzene rings is 3. The normalized spacial score (nSPS) is 15.7. The number of nitrogens with one attached hydrogen (secondary N) is 1. The van der Waals surface area contributed by atoms with Crippen molar-refractivity contribution in [1.29, 1.82) is 0 Å². The van der Waals surface area contributed by atoms with E-state index >= 15 is 0 Å². The van der Waals surface area contributed by atoms with Gasteiger partial charge in [0, 0.05) is 41.2 Å². The van der Waals surface area contributed by atoms with Crippen molar-refractivity contribution in [2.45, 2.75) is 25.1 Å². The highest BCUT2D eigenvalue weighted by molar-refractivity contribution is 7.88. The largest absolute Gasteiger partial charge is 0.352 e. The fourth-order valence-electron chi connectivity index (χ4n) is 4.02. The number of hydrogen-bond donors (Lipinski definition) is 1. The Morgan fingerprint density at radius 3 is 2.28 bits per heavy atom. The quantitative estimate of drug-likeness (QED) is 0.528. The summed E-state index contributed by atoms with van der Waals surface area (Å²) >= 11 is 12.3. The zero-order valence-electron chi connectivity index (χ0n) is 17.4. The third-order valence-corrected chi connectivity index (χ3v) is 8.40. The minimum Gasteiger partial charge on any atom is -0.352 e. The topological polar surface area (TPSA) is 66.5 Å². The first-order valence-corrected chi connectivity index (χ1v) is 12.9. The van der Waals surface area contributed by atoms with Crippen molar-refractivity contribution < 1.29 is 13.2 Å². The van der Waals surface area contributed by atoms with Gasteiger partial charge >= 0.3 is 0 Å². The maximum absolute atomic E-state index is 12.9. The van der Waals surface area contributed by atoms with E-state index in [9.17, 15) is 13.2 Å². The van der Waals surface area contributed by atoms with Crippen LogP contribution in [0.15, 0.2) is 60.7 Å². The molecule has 0 bridgehead atoms. The summed E-state index contributed by atoms with van der Waals surface area (Å²) in [6, 6.07) is 19.2. The van der Waals surface area contributed by atoms with Crippen molar-refractivity contribution in [3.63, 3.8) is 0 Å². The summed E-state index contributed by atoms with van der Waals surface area (Å²) in [5.41, 5.74) is 1.44. The second-order valence-electron chi connectivity index (χ2n) is 8.03. The summed E-state index contributed by atoms with van der Waals surface area (Å²) in [6.45, 7) is 1.06. The number of carbonyl (C=O) groups excluding carboxylic acids is 1. The third-order valence-electron chi connectivity index (χ3n) is 5.89. The number of piperidine rings is 1. The lowest BCUT2D eigenvalue weighted by atomic mass is 9.97. The van der Waals surface area contributed by atoms with Gasteiger partial charge in [0.1, 0.15) is 0 Å². The zero-order chi connectivity index (χ0) is 22.7. The Morgan fingerprint density at radius 1 is 0.938 bits per heavy atom. The molecular formula is C24H24Cl2N2O3S. The molecule has 1 fully saturated rings. The lowest BCUT2D eigenvalue weighted by molar-refractivity contribution is -0.126. The number of carbonyl (C=O) groups is 1. The molecule has 1 heterocycles. The predicted octanol–water partition coefficient (Wildman–Crippen LogP) is 5.00. The first-order chi connectivity index (χ1) is 15.3. The molecule has 1 aliphatic heterocycles. The molecule has 32 heavy (non-hydrogen) atoms. The maximum atomic E-state index is 12.9. The molecule has 1 saturated heterocycles. The molecule has 8 heteroatoms. The van der Waals surface area contributed by atoms with Crippen molar-refractivity contribution in [1.82, 2.24) is 9.62 Å². The molecule has 0 unspecified atom stereocenters. The van der Waals surface area contributed by atoms with Crippen LogP contribution in [-0.4, -0.2) is 31.7 Å². The van der Waals surface area contributed by atoms with Gasteiger partial charge < -0.3 is 5.32 Å². The molecule has 0 saturated carbocycles. The second-order valence-corrected chi connectivity index (χ2v) is 10.8. The number of rotatable bonds is 6. The molecule has 0 aromatic heterocycles. The second kappa shape index (κ2) is 9.79. The molecule has 4 rings (SSSR count). The minimum atomic E-state index is -3.57. The first kappa shape index (κ1) is 23.1. The van der Waals surface area contributed by atoms with Crippen LogP contribution < -0.4 is 5.32 Å². The maximum Gasteiger partial charge on any atom is 0.223 e. The lowest BCUT2D eigenvalue weighted by Gasteiger charge is -2.30. The van der Waals surface area contributed by atoms with Crippen LogP contribution in [0.4, 0.5) is 0 Å². The van der Waals surface area contributed by atoms with E-state index in [1.165, 1.54) is 4.31 Å². The summed E-state index contributed by atoms with van der Waals surface area (Å²) in [5, 5.41) is 5.97. The average molecular weight is 491 g/mol. The smallest absolute Gasteiger partial charge is 0.223 e. The monoisotopic (exact) mass is 490 g/mol. The van der Waals surface area contributed by atoms with E-state index in [1.54, 1.807) is 18.2 Å². The molecule has 3 aromatic carbocycles. The van der Waals surface area contributed by atoms with Gasteiger partial charge in [-0.15, -0.1) is 0 Å². The third kappa shape index (κ3) is 5.26. The number of nitrogens with zero attached hydrogens (tertiary/aromatic N) is 1. The summed E-state index contributed by atoms with van der Waals surface area (Å²) in [7, 11) is -3.57. The molecule has 0 spiro atoms. The molecule has 5 nitrogen and oxygen atoms in total. The molecule has 3 aromatic rings. The van der Waals surface area contributed by atoms with E-state index in [-0.39, 0.29) is 17.6 Å². The number of amides is 1. The lowest BCUT2D eigenvalue weighted by Crippen LogP contribution is -2.43. The van der Waals surface area contributed by atoms with Gasteiger partial charge in [-0.1, -0.05) is 65.7 Å². The minimum absolute atomic E-state index is 0.0376. The van der Waals surface area contributed by atoms with E-state index in [0.29, 0.717) is 48.1 Å². The Morgan fingerprint density at radius 2 is 1.59 bits per heavy atom. The highest BCUT2D eigenvalue weighted by Gasteiger charge is 2.31. The van der Waals surface area contributed by atoms with E-state index in [4.69, 9.17) is 23.2 Å². The predicted molar refractivity (Wildman–Crippen MR) is 129 cm³/mol. The molecule has 0 atom stereocenters. The summed E-state index contributed by atoms with van der Waals surface area (Å²) < 4.78 is 27.2. The van der Waals surface area contributed by atoms with Crippen molar-refractivity contribution in [3.8, 4) is 0 Å². The van der Waals surface area contributed by atoms with E-state index in [1.807, 2.05) is 30.3 Å². The van der Waals surface area contributed by atoms with Gasteiger partial charge in [0.15, 0.2) is 0 Å². The molecule has 1 aliphatic rings. The fourth-order valence-corrected chi connectivity index (χ4v) is 6.34. The fraction of sp³-hybridized carbons (Fsp3) is 0.292. The van der Waals surface area contributed by atoms with Crippen LogP contribution in [0.25, 0.3) is 10.8 Å². The zero-order valence-corrected chi connectivity index (χ0v) is 19.8. The van der Waals surface area contributed by atoms with Crippen LogP contribution in [-0.2, 0) is 27.1 Å². The summed E-state index contributed by atoms with van der Waals surface area (Å²) in [6.07, 6.45) is 0.970. The van der Waals surface area contributed by atoms with Crippen LogP contribution in [0, 0.1) is 5.92 Å². The highest BCUT2D eigenvalue weighted by atomic mass is 35.5. The SMILES string of the molecule is O=C(NCc1ccc2ccccc2c1)C1CCN(S(=O)(=O)Cc2c(Cl)cccc2Cl)CC1. The van der Waals surface area contributed by atoms with Gasteiger partial charge in [-0.2, -0.15) is 0 Å². The molecule has 1 N–H and O–H groups in total. The van der Waals surface area contributed by atoms with E-state index < -0.39 is 10.0 Å². The van der Waals surface area contributed by atoms with Crippen LogP contribution in [0.2, 0.25) is 10.0 Å². The van der Waals surface area contributed by atoms with Crippen molar-refractivity contribution in [2.75, 3.05) is 13.1 Å². The summed E-state index contributed by atoms with van der Waals surface area (Å²) in [4.78, 5) is 12.7. The molecule has 168 valence electrons. The molecule has 1 amide bonds. The number of hydrogen-bond acceptors (Lipinski definition) is 3. The Balaban J connectivity index is 1.32. The van der Waals surface area contributed by atoms with E-state index in [0.717, 1.165) is 16.3 Å². The Kier molecular flexibility index (Phi) is 7.05. The molecular weight excluding hydrogens is 467 g/mol. The number of halogens is 2. The van der Waals surface area contributed by atoms with Crippen molar-refractivity contribution >= 4 is 49.9 Å². The van der Waals surface area contributed by atoms with Crippen LogP contribution in [0.3, 0.4) is 0 Å². The van der Waals surface area contributed by atoms with Crippen molar-refractivity contribution in [3.05, 3.63) is 81.8 Å². The Labute approximate surface area is 198 Å². The molecule has 0 radical (unpaired) electrons. The first-order valence-electron chi connectivity index (χ1n) is 10.5. The van der Waals surface area contributed by atoms with Gasteiger partial charge in [-0.05, 0) is 47.4 Å². The van der Waals surface area contributed by atoms with Crippen LogP contribution >= 0.6 is 23.2 Å². The van der Waals surface area contributed by atoms with Crippen molar-refractivity contribution in [2.24, 2.45) is 5.92 Å². The van der Waals surface area contributed by atoms with E-state index in [2.05, 4.69) is 17.4 Å². The summed E-state index contributed by atoms with van der Waals surface area (Å²) in [5.74, 6) is -0.486. The van der Waals surface area contributed by atoms with Gasteiger partial charge in [0.25, 0.3) is 0 Å². The van der Waals surface area contributed by atoms with Gasteiger partial charge in [0.05, 0.1) is 5.75 Å². The van der Waals surface area contributed by atoms with Gasteiger partial charge in [-0.3, -0.25) is 4.79 Å². The highest BCUT2D eigenvalue weighted by Crippen LogP contribution is 2.29.